The molecule has 2 N–H and O–H groups in total. The summed E-state index contributed by atoms with van der Waals surface area (Å²) in [5, 5.41) is 0. The van der Waals surface area contributed by atoms with E-state index in [1.807, 2.05) is 30.6 Å². The SMILES string of the molecule is Cc1ccc(-c2nccn2Cc2cccc(N)c2)cc1. The molecule has 3 rings (SSSR count). The Balaban J connectivity index is 1.92. The summed E-state index contributed by atoms with van der Waals surface area (Å²) in [5.41, 5.74) is 10.2. The van der Waals surface area contributed by atoms with Gasteiger partial charge in [0, 0.05) is 30.2 Å². The van der Waals surface area contributed by atoms with Gasteiger partial charge in [-0.1, -0.05) is 42.0 Å². The molecule has 3 heteroatoms. The minimum atomic E-state index is 0.772. The van der Waals surface area contributed by atoms with Gasteiger partial charge in [0.05, 0.1) is 0 Å². The molecule has 0 amide bonds. The fourth-order valence-corrected chi connectivity index (χ4v) is 2.29. The lowest BCUT2D eigenvalue weighted by molar-refractivity contribution is 0.807. The van der Waals surface area contributed by atoms with E-state index in [0.29, 0.717) is 0 Å². The fourth-order valence-electron chi connectivity index (χ4n) is 2.29. The summed E-state index contributed by atoms with van der Waals surface area (Å²) in [7, 11) is 0. The van der Waals surface area contributed by atoms with Crippen molar-refractivity contribution in [3.63, 3.8) is 0 Å². The van der Waals surface area contributed by atoms with Gasteiger partial charge in [-0.15, -0.1) is 0 Å². The highest BCUT2D eigenvalue weighted by Crippen LogP contribution is 2.19. The maximum Gasteiger partial charge on any atom is 0.140 e. The van der Waals surface area contributed by atoms with Crippen LogP contribution < -0.4 is 5.73 Å². The third-order valence-corrected chi connectivity index (χ3v) is 3.33. The van der Waals surface area contributed by atoms with Gasteiger partial charge in [0.25, 0.3) is 0 Å². The van der Waals surface area contributed by atoms with Gasteiger partial charge in [-0.05, 0) is 24.6 Å². The maximum absolute atomic E-state index is 5.83. The Morgan fingerprint density at radius 1 is 1.10 bits per heavy atom. The highest BCUT2D eigenvalue weighted by Gasteiger charge is 2.06. The van der Waals surface area contributed by atoms with Gasteiger partial charge in [0.1, 0.15) is 5.82 Å². The van der Waals surface area contributed by atoms with Crippen LogP contribution in [0.15, 0.2) is 60.9 Å². The number of aryl methyl sites for hydroxylation is 1. The van der Waals surface area contributed by atoms with Crippen molar-refractivity contribution in [2.24, 2.45) is 0 Å². The van der Waals surface area contributed by atoms with E-state index in [-0.39, 0.29) is 0 Å². The number of benzene rings is 2. The molecule has 0 fully saturated rings. The van der Waals surface area contributed by atoms with E-state index < -0.39 is 0 Å². The van der Waals surface area contributed by atoms with Crippen LogP contribution in [0.5, 0.6) is 0 Å². The first-order valence-corrected chi connectivity index (χ1v) is 6.65. The van der Waals surface area contributed by atoms with E-state index in [9.17, 15) is 0 Å². The quantitative estimate of drug-likeness (QED) is 0.735. The molecule has 0 aliphatic rings. The normalized spacial score (nSPS) is 10.7. The average Bonchev–Trinajstić information content (AvgIpc) is 2.88. The Morgan fingerprint density at radius 3 is 2.65 bits per heavy atom. The summed E-state index contributed by atoms with van der Waals surface area (Å²) in [6.07, 6.45) is 3.83. The molecule has 0 aliphatic carbocycles. The monoisotopic (exact) mass is 263 g/mol. The highest BCUT2D eigenvalue weighted by atomic mass is 15.1. The van der Waals surface area contributed by atoms with Gasteiger partial charge in [-0.25, -0.2) is 4.98 Å². The molecule has 0 unspecified atom stereocenters. The highest BCUT2D eigenvalue weighted by molar-refractivity contribution is 5.56. The molecule has 1 aromatic heterocycles. The van der Waals surface area contributed by atoms with Crippen LogP contribution in [0.2, 0.25) is 0 Å². The van der Waals surface area contributed by atoms with Gasteiger partial charge < -0.3 is 10.3 Å². The first-order valence-electron chi connectivity index (χ1n) is 6.65. The van der Waals surface area contributed by atoms with Crippen LogP contribution >= 0.6 is 0 Å². The predicted molar refractivity (Wildman–Crippen MR) is 82.4 cm³/mol. The second-order valence-electron chi connectivity index (χ2n) is 4.99. The van der Waals surface area contributed by atoms with E-state index in [2.05, 4.69) is 46.8 Å². The largest absolute Gasteiger partial charge is 0.399 e. The summed E-state index contributed by atoms with van der Waals surface area (Å²) >= 11 is 0. The fraction of sp³-hybridized carbons (Fsp3) is 0.118. The van der Waals surface area contributed by atoms with Gasteiger partial charge in [-0.2, -0.15) is 0 Å². The Kier molecular flexibility index (Phi) is 3.25. The molecule has 1 heterocycles. The molecule has 0 radical (unpaired) electrons. The molecule has 0 atom stereocenters. The van der Waals surface area contributed by atoms with E-state index in [4.69, 9.17) is 5.73 Å². The maximum atomic E-state index is 5.83. The molecule has 0 spiro atoms. The zero-order valence-electron chi connectivity index (χ0n) is 11.5. The smallest absolute Gasteiger partial charge is 0.140 e. The van der Waals surface area contributed by atoms with Crippen LogP contribution in [0.25, 0.3) is 11.4 Å². The molecule has 3 aromatic rings. The summed E-state index contributed by atoms with van der Waals surface area (Å²) in [5.74, 6) is 0.979. The first-order chi connectivity index (χ1) is 9.72. The van der Waals surface area contributed by atoms with Crippen molar-refractivity contribution in [2.45, 2.75) is 13.5 Å². The summed E-state index contributed by atoms with van der Waals surface area (Å²) in [6.45, 7) is 2.86. The molecule has 0 saturated carbocycles. The van der Waals surface area contributed by atoms with Crippen molar-refractivity contribution < 1.29 is 0 Å². The third kappa shape index (κ3) is 2.57. The number of nitrogens with zero attached hydrogens (tertiary/aromatic N) is 2. The van der Waals surface area contributed by atoms with E-state index >= 15 is 0 Å². The topological polar surface area (TPSA) is 43.8 Å². The Labute approximate surface area is 118 Å². The molecule has 2 aromatic carbocycles. The molecule has 3 nitrogen and oxygen atoms in total. The minimum absolute atomic E-state index is 0.772. The van der Waals surface area contributed by atoms with Gasteiger partial charge in [0.15, 0.2) is 0 Å². The van der Waals surface area contributed by atoms with Crippen LogP contribution in [-0.4, -0.2) is 9.55 Å². The van der Waals surface area contributed by atoms with E-state index in [1.165, 1.54) is 11.1 Å². The van der Waals surface area contributed by atoms with Crippen molar-refractivity contribution in [1.29, 1.82) is 0 Å². The second kappa shape index (κ2) is 5.21. The zero-order valence-corrected chi connectivity index (χ0v) is 11.5. The average molecular weight is 263 g/mol. The Morgan fingerprint density at radius 2 is 1.90 bits per heavy atom. The molecular weight excluding hydrogens is 246 g/mol. The van der Waals surface area contributed by atoms with Crippen molar-refractivity contribution in [1.82, 2.24) is 9.55 Å². The lowest BCUT2D eigenvalue weighted by Crippen LogP contribution is -2.01. The number of nitrogen functional groups attached to an aromatic ring is 1. The van der Waals surface area contributed by atoms with Crippen molar-refractivity contribution in [2.75, 3.05) is 5.73 Å². The number of anilines is 1. The summed E-state index contributed by atoms with van der Waals surface area (Å²) in [6, 6.07) is 16.4. The lowest BCUT2D eigenvalue weighted by atomic mass is 10.1. The number of imidazole rings is 1. The molecule has 0 saturated heterocycles. The number of aromatic nitrogens is 2. The number of nitrogens with two attached hydrogens (primary N) is 1. The molecule has 100 valence electrons. The van der Waals surface area contributed by atoms with Crippen LogP contribution in [0, 0.1) is 6.92 Å². The van der Waals surface area contributed by atoms with Crippen LogP contribution in [0.4, 0.5) is 5.69 Å². The minimum Gasteiger partial charge on any atom is -0.399 e. The molecule has 0 bridgehead atoms. The van der Waals surface area contributed by atoms with Gasteiger partial charge in [-0.3, -0.25) is 0 Å². The van der Waals surface area contributed by atoms with Gasteiger partial charge in [0.2, 0.25) is 0 Å². The molecular formula is C17H17N3. The molecule has 20 heavy (non-hydrogen) atoms. The van der Waals surface area contributed by atoms with Crippen molar-refractivity contribution in [3.05, 3.63) is 72.1 Å². The number of hydrogen-bond acceptors (Lipinski definition) is 2. The van der Waals surface area contributed by atoms with Crippen LogP contribution in [0.1, 0.15) is 11.1 Å². The zero-order chi connectivity index (χ0) is 13.9. The van der Waals surface area contributed by atoms with Gasteiger partial charge >= 0.3 is 0 Å². The third-order valence-electron chi connectivity index (χ3n) is 3.33. The van der Waals surface area contributed by atoms with Crippen LogP contribution in [-0.2, 0) is 6.54 Å². The standard InChI is InChI=1S/C17H17N3/c1-13-5-7-15(8-6-13)17-19-9-10-20(17)12-14-3-2-4-16(18)11-14/h2-11H,12,18H2,1H3. The van der Waals surface area contributed by atoms with Crippen LogP contribution in [0.3, 0.4) is 0 Å². The second-order valence-corrected chi connectivity index (χ2v) is 4.99. The first kappa shape index (κ1) is 12.5. The number of rotatable bonds is 3. The summed E-state index contributed by atoms with van der Waals surface area (Å²) in [4.78, 5) is 4.47. The summed E-state index contributed by atoms with van der Waals surface area (Å²) < 4.78 is 2.14. The number of hydrogen-bond donors (Lipinski definition) is 1. The predicted octanol–water partition coefficient (Wildman–Crippen LogP) is 3.49. The van der Waals surface area contributed by atoms with E-state index in [0.717, 1.165) is 23.6 Å². The van der Waals surface area contributed by atoms with Crippen molar-refractivity contribution in [3.8, 4) is 11.4 Å². The Bertz CT molecular complexity index is 711. The van der Waals surface area contributed by atoms with E-state index in [1.54, 1.807) is 0 Å². The lowest BCUT2D eigenvalue weighted by Gasteiger charge is -2.09. The van der Waals surface area contributed by atoms with Crippen molar-refractivity contribution >= 4 is 5.69 Å². The Hall–Kier alpha value is -2.55. The molecule has 0 aliphatic heterocycles.